The Labute approximate surface area is 152 Å². The third-order valence-electron chi connectivity index (χ3n) is 4.47. The lowest BCUT2D eigenvalue weighted by Gasteiger charge is -2.26. The minimum Gasteiger partial charge on any atom is -0.348 e. The van der Waals surface area contributed by atoms with Gasteiger partial charge in [0.2, 0.25) is 0 Å². The number of hydrogen-bond acceptors (Lipinski definition) is 4. The van der Waals surface area contributed by atoms with Crippen LogP contribution in [-0.4, -0.2) is 18.2 Å². The highest BCUT2D eigenvalue weighted by molar-refractivity contribution is 6.29. The number of allylic oxidation sites excluding steroid dienone is 4. The van der Waals surface area contributed by atoms with Gasteiger partial charge in [0, 0.05) is 29.6 Å². The van der Waals surface area contributed by atoms with Crippen molar-refractivity contribution < 1.29 is 9.63 Å². The first kappa shape index (κ1) is 16.1. The molecule has 0 saturated heterocycles. The molecule has 0 aromatic heterocycles. The Kier molecular flexibility index (Phi) is 4.23. The molecule has 0 fully saturated rings. The number of oxime groups is 1. The Morgan fingerprint density at radius 3 is 2.62 bits per heavy atom. The van der Waals surface area contributed by atoms with E-state index >= 15 is 0 Å². The first-order chi connectivity index (χ1) is 12.8. The SMILES string of the molecule is CCN1C=C/C(=C\C=C2/C(=O)ON=C2c2ccccc2)c2ccccc21. The maximum Gasteiger partial charge on any atom is 0.368 e. The summed E-state index contributed by atoms with van der Waals surface area (Å²) in [5.41, 5.74) is 5.24. The fraction of sp³-hybridized carbons (Fsp3) is 0.0909. The summed E-state index contributed by atoms with van der Waals surface area (Å²) in [5.74, 6) is -0.427. The van der Waals surface area contributed by atoms with E-state index in [1.54, 1.807) is 6.08 Å². The van der Waals surface area contributed by atoms with Crippen LogP contribution in [0.25, 0.3) is 5.57 Å². The van der Waals surface area contributed by atoms with Crippen LogP contribution in [0.3, 0.4) is 0 Å². The highest BCUT2D eigenvalue weighted by atomic mass is 16.7. The van der Waals surface area contributed by atoms with Crippen LogP contribution in [0.5, 0.6) is 0 Å². The Hall–Kier alpha value is -3.40. The van der Waals surface area contributed by atoms with Crippen molar-refractivity contribution in [1.29, 1.82) is 0 Å². The first-order valence-corrected chi connectivity index (χ1v) is 8.59. The van der Waals surface area contributed by atoms with Crippen molar-refractivity contribution >= 4 is 22.9 Å². The molecule has 2 aliphatic heterocycles. The van der Waals surface area contributed by atoms with E-state index in [0.29, 0.717) is 11.3 Å². The monoisotopic (exact) mass is 342 g/mol. The van der Waals surface area contributed by atoms with E-state index < -0.39 is 5.97 Å². The Morgan fingerprint density at radius 1 is 1.04 bits per heavy atom. The Bertz CT molecular complexity index is 969. The van der Waals surface area contributed by atoms with Gasteiger partial charge in [0.1, 0.15) is 5.71 Å². The zero-order valence-corrected chi connectivity index (χ0v) is 14.4. The number of carbonyl (C=O) groups excluding carboxylic acids is 1. The van der Waals surface area contributed by atoms with E-state index in [1.807, 2.05) is 48.5 Å². The molecule has 0 saturated carbocycles. The van der Waals surface area contributed by atoms with Gasteiger partial charge in [-0.1, -0.05) is 59.8 Å². The van der Waals surface area contributed by atoms with Crippen LogP contribution in [0, 0.1) is 0 Å². The average molecular weight is 342 g/mol. The molecule has 0 aliphatic carbocycles. The second-order valence-electron chi connectivity index (χ2n) is 6.01. The highest BCUT2D eigenvalue weighted by Crippen LogP contribution is 2.32. The fourth-order valence-corrected chi connectivity index (χ4v) is 3.14. The van der Waals surface area contributed by atoms with Crippen LogP contribution in [0.15, 0.2) is 89.8 Å². The molecule has 0 spiro atoms. The van der Waals surface area contributed by atoms with Crippen LogP contribution in [0.1, 0.15) is 18.1 Å². The summed E-state index contributed by atoms with van der Waals surface area (Å²) in [6, 6.07) is 17.8. The van der Waals surface area contributed by atoms with Crippen molar-refractivity contribution in [2.45, 2.75) is 6.92 Å². The molecule has 2 heterocycles. The minimum absolute atomic E-state index is 0.427. The largest absolute Gasteiger partial charge is 0.368 e. The van der Waals surface area contributed by atoms with Gasteiger partial charge < -0.3 is 9.74 Å². The van der Waals surface area contributed by atoms with E-state index in [-0.39, 0.29) is 0 Å². The van der Waals surface area contributed by atoms with Gasteiger partial charge in [-0.05, 0) is 30.7 Å². The molecule has 26 heavy (non-hydrogen) atoms. The number of para-hydroxylation sites is 1. The second-order valence-corrected chi connectivity index (χ2v) is 6.01. The molecule has 2 aromatic carbocycles. The maximum absolute atomic E-state index is 12.1. The molecule has 0 radical (unpaired) electrons. The molecule has 0 amide bonds. The van der Waals surface area contributed by atoms with Gasteiger partial charge in [-0.25, -0.2) is 4.79 Å². The average Bonchev–Trinajstić information content (AvgIpc) is 3.07. The molecule has 128 valence electrons. The minimum atomic E-state index is -0.427. The third kappa shape index (κ3) is 2.86. The van der Waals surface area contributed by atoms with Crippen molar-refractivity contribution in [2.75, 3.05) is 11.4 Å². The van der Waals surface area contributed by atoms with Crippen molar-refractivity contribution in [1.82, 2.24) is 0 Å². The zero-order valence-electron chi connectivity index (χ0n) is 14.4. The number of hydrogen-bond donors (Lipinski definition) is 0. The normalized spacial score (nSPS) is 18.9. The zero-order chi connectivity index (χ0) is 17.9. The number of anilines is 1. The van der Waals surface area contributed by atoms with Gasteiger partial charge in [-0.15, -0.1) is 0 Å². The van der Waals surface area contributed by atoms with E-state index in [9.17, 15) is 4.79 Å². The molecule has 4 nitrogen and oxygen atoms in total. The van der Waals surface area contributed by atoms with Gasteiger partial charge >= 0.3 is 5.97 Å². The van der Waals surface area contributed by atoms with Crippen molar-refractivity contribution in [3.8, 4) is 0 Å². The van der Waals surface area contributed by atoms with Gasteiger partial charge in [0.25, 0.3) is 0 Å². The van der Waals surface area contributed by atoms with Gasteiger partial charge in [-0.3, -0.25) is 0 Å². The second kappa shape index (κ2) is 6.84. The molecule has 4 rings (SSSR count). The summed E-state index contributed by atoms with van der Waals surface area (Å²) < 4.78 is 0. The van der Waals surface area contributed by atoms with Crippen molar-refractivity contribution in [3.05, 3.63) is 95.7 Å². The number of nitrogens with zero attached hydrogens (tertiary/aromatic N) is 2. The van der Waals surface area contributed by atoms with E-state index in [4.69, 9.17) is 4.84 Å². The summed E-state index contributed by atoms with van der Waals surface area (Å²) in [7, 11) is 0. The topological polar surface area (TPSA) is 41.9 Å². The van der Waals surface area contributed by atoms with E-state index in [2.05, 4.69) is 41.4 Å². The predicted molar refractivity (Wildman–Crippen MR) is 104 cm³/mol. The molecular formula is C22H18N2O2. The molecule has 2 aliphatic rings. The quantitative estimate of drug-likeness (QED) is 0.616. The smallest absolute Gasteiger partial charge is 0.348 e. The van der Waals surface area contributed by atoms with Gasteiger partial charge in [0.05, 0.1) is 5.57 Å². The maximum atomic E-state index is 12.1. The molecule has 4 heteroatoms. The number of rotatable bonds is 3. The Balaban J connectivity index is 1.72. The third-order valence-corrected chi connectivity index (χ3v) is 4.47. The number of benzene rings is 2. The van der Waals surface area contributed by atoms with Crippen LogP contribution in [-0.2, 0) is 9.63 Å². The standard InChI is InChI=1S/C22H18N2O2/c1-2-24-15-14-16(18-10-6-7-11-20(18)24)12-13-19-21(23-26-22(19)25)17-8-4-3-5-9-17/h3-15H,2H2,1H3/b16-12+,19-13-. The van der Waals surface area contributed by atoms with Crippen LogP contribution < -0.4 is 4.90 Å². The number of fused-ring (bicyclic) bond motifs is 1. The number of carbonyl (C=O) groups is 1. The lowest BCUT2D eigenvalue weighted by atomic mass is 9.97. The summed E-state index contributed by atoms with van der Waals surface area (Å²) in [6.07, 6.45) is 7.86. The Morgan fingerprint density at radius 2 is 1.81 bits per heavy atom. The first-order valence-electron chi connectivity index (χ1n) is 8.59. The molecular weight excluding hydrogens is 324 g/mol. The summed E-state index contributed by atoms with van der Waals surface area (Å²) in [6.45, 7) is 3.02. The summed E-state index contributed by atoms with van der Waals surface area (Å²) in [4.78, 5) is 19.2. The summed E-state index contributed by atoms with van der Waals surface area (Å²) in [5, 5.41) is 3.95. The molecule has 0 atom stereocenters. The van der Waals surface area contributed by atoms with Crippen LogP contribution in [0.2, 0.25) is 0 Å². The lowest BCUT2D eigenvalue weighted by molar-refractivity contribution is -0.136. The molecule has 2 aromatic rings. The van der Waals surface area contributed by atoms with E-state index in [0.717, 1.165) is 28.9 Å². The van der Waals surface area contributed by atoms with Crippen molar-refractivity contribution in [2.24, 2.45) is 5.16 Å². The van der Waals surface area contributed by atoms with Gasteiger partial charge in [-0.2, -0.15) is 0 Å². The predicted octanol–water partition coefficient (Wildman–Crippen LogP) is 4.31. The van der Waals surface area contributed by atoms with Crippen molar-refractivity contribution in [3.63, 3.8) is 0 Å². The molecule has 0 bridgehead atoms. The molecule has 0 unspecified atom stereocenters. The summed E-state index contributed by atoms with van der Waals surface area (Å²) >= 11 is 0. The van der Waals surface area contributed by atoms with Crippen LogP contribution >= 0.6 is 0 Å². The van der Waals surface area contributed by atoms with E-state index in [1.165, 1.54) is 0 Å². The highest BCUT2D eigenvalue weighted by Gasteiger charge is 2.26. The lowest BCUT2D eigenvalue weighted by Crippen LogP contribution is -2.18. The van der Waals surface area contributed by atoms with Gasteiger partial charge in [0.15, 0.2) is 0 Å². The fourth-order valence-electron chi connectivity index (χ4n) is 3.14. The molecule has 0 N–H and O–H groups in total. The van der Waals surface area contributed by atoms with Crippen LogP contribution in [0.4, 0.5) is 5.69 Å².